The summed E-state index contributed by atoms with van der Waals surface area (Å²) >= 11 is 6.85. The molecule has 84 valence electrons. The van der Waals surface area contributed by atoms with Gasteiger partial charge in [-0.3, -0.25) is 4.79 Å². The van der Waals surface area contributed by atoms with E-state index in [2.05, 4.69) is 16.9 Å². The molecule has 0 aliphatic carbocycles. The van der Waals surface area contributed by atoms with Gasteiger partial charge in [-0.25, -0.2) is 4.98 Å². The Hall–Kier alpha value is -0.620. The smallest absolute Gasteiger partial charge is 0.271 e. The predicted octanol–water partition coefficient (Wildman–Crippen LogP) is 1.51. The summed E-state index contributed by atoms with van der Waals surface area (Å²) in [4.78, 5) is 15.4. The van der Waals surface area contributed by atoms with Crippen molar-refractivity contribution in [2.45, 2.75) is 6.54 Å². The van der Waals surface area contributed by atoms with Crippen LogP contribution in [0.2, 0.25) is 0 Å². The van der Waals surface area contributed by atoms with Crippen molar-refractivity contribution in [3.63, 3.8) is 0 Å². The molecule has 0 aromatic carbocycles. The molecule has 0 bridgehead atoms. The minimum absolute atomic E-state index is 0. The van der Waals surface area contributed by atoms with Crippen molar-refractivity contribution >= 4 is 41.3 Å². The molecule has 1 rings (SSSR count). The number of carbonyl (C=O) groups excluding carboxylic acids is 1. The molecule has 0 saturated carbocycles. The van der Waals surface area contributed by atoms with Gasteiger partial charge in [0.15, 0.2) is 0 Å². The van der Waals surface area contributed by atoms with Gasteiger partial charge >= 0.3 is 0 Å². The normalized spacial score (nSPS) is 9.20. The number of nitrogens with one attached hydrogen (secondary N) is 1. The Kier molecular flexibility index (Phi) is 6.51. The second-order valence-electron chi connectivity index (χ2n) is 2.53. The first kappa shape index (κ1) is 14.4. The zero-order chi connectivity index (χ0) is 10.6. The van der Waals surface area contributed by atoms with Gasteiger partial charge in [0.2, 0.25) is 0 Å². The molecular weight excluding hydrogens is 257 g/mol. The lowest BCUT2D eigenvalue weighted by molar-refractivity contribution is 0.0953. The summed E-state index contributed by atoms with van der Waals surface area (Å²) in [5, 5.41) is 5.35. The second-order valence-corrected chi connectivity index (χ2v) is 4.01. The highest BCUT2D eigenvalue weighted by Gasteiger charge is 2.09. The van der Waals surface area contributed by atoms with Crippen LogP contribution in [0.25, 0.3) is 0 Å². The van der Waals surface area contributed by atoms with Gasteiger partial charge in [-0.1, -0.05) is 18.2 Å². The van der Waals surface area contributed by atoms with E-state index in [0.29, 0.717) is 17.3 Å². The minimum atomic E-state index is -0.261. The molecule has 0 atom stereocenters. The number of nitrogens with two attached hydrogens (primary N) is 1. The molecule has 1 heterocycles. The van der Waals surface area contributed by atoms with Gasteiger partial charge in [0.05, 0.1) is 6.54 Å². The van der Waals surface area contributed by atoms with Gasteiger partial charge in [-0.2, -0.15) is 0 Å². The Morgan fingerprint density at radius 1 is 1.73 bits per heavy atom. The largest absolute Gasteiger partial charge is 0.346 e. The van der Waals surface area contributed by atoms with E-state index in [1.165, 1.54) is 11.3 Å². The maximum absolute atomic E-state index is 11.4. The zero-order valence-corrected chi connectivity index (χ0v) is 10.2. The molecule has 0 spiro atoms. The number of halogens is 2. The van der Waals surface area contributed by atoms with Crippen LogP contribution in [0, 0.1) is 0 Å². The molecule has 15 heavy (non-hydrogen) atoms. The van der Waals surface area contributed by atoms with Crippen molar-refractivity contribution in [3.05, 3.63) is 27.7 Å². The van der Waals surface area contributed by atoms with E-state index in [0.717, 1.165) is 5.01 Å². The van der Waals surface area contributed by atoms with Crippen LogP contribution < -0.4 is 11.1 Å². The number of thiazole rings is 1. The Morgan fingerprint density at radius 2 is 2.40 bits per heavy atom. The maximum atomic E-state index is 11.4. The first-order valence-corrected chi connectivity index (χ1v) is 5.15. The van der Waals surface area contributed by atoms with Gasteiger partial charge in [-0.05, 0) is 0 Å². The average Bonchev–Trinajstić information content (AvgIpc) is 2.62. The lowest BCUT2D eigenvalue weighted by Gasteiger charge is -1.99. The van der Waals surface area contributed by atoms with Gasteiger partial charge in [0.25, 0.3) is 5.91 Å². The zero-order valence-electron chi connectivity index (χ0n) is 7.83. The van der Waals surface area contributed by atoms with Crippen LogP contribution in [0.5, 0.6) is 0 Å². The lowest BCUT2D eigenvalue weighted by atomic mass is 10.4. The summed E-state index contributed by atoms with van der Waals surface area (Å²) in [6, 6.07) is 0. The molecule has 0 saturated heterocycles. The molecule has 1 aromatic heterocycles. The van der Waals surface area contributed by atoms with E-state index in [9.17, 15) is 4.79 Å². The van der Waals surface area contributed by atoms with E-state index < -0.39 is 0 Å². The monoisotopic (exact) mass is 267 g/mol. The molecule has 1 amide bonds. The van der Waals surface area contributed by atoms with Crippen LogP contribution >= 0.6 is 35.3 Å². The van der Waals surface area contributed by atoms with Crippen molar-refractivity contribution in [2.75, 3.05) is 6.54 Å². The molecule has 7 heteroatoms. The third kappa shape index (κ3) is 4.61. The Labute approximate surface area is 103 Å². The summed E-state index contributed by atoms with van der Waals surface area (Å²) in [7, 11) is 0. The highest BCUT2D eigenvalue weighted by molar-refractivity contribution is 7.09. The number of hydrogen-bond donors (Lipinski definition) is 2. The molecule has 0 fully saturated rings. The molecule has 0 radical (unpaired) electrons. The predicted molar refractivity (Wildman–Crippen MR) is 64.6 cm³/mol. The van der Waals surface area contributed by atoms with Crippen molar-refractivity contribution < 1.29 is 4.79 Å². The molecule has 0 aliphatic rings. The van der Waals surface area contributed by atoms with E-state index in [1.54, 1.807) is 5.38 Å². The summed E-state index contributed by atoms with van der Waals surface area (Å²) in [5.74, 6) is -0.261. The fourth-order valence-corrected chi connectivity index (χ4v) is 1.50. The van der Waals surface area contributed by atoms with Crippen molar-refractivity contribution in [1.82, 2.24) is 10.3 Å². The van der Waals surface area contributed by atoms with Crippen molar-refractivity contribution in [2.24, 2.45) is 5.73 Å². The number of carbonyl (C=O) groups is 1. The summed E-state index contributed by atoms with van der Waals surface area (Å²) in [5.41, 5.74) is 5.74. The van der Waals surface area contributed by atoms with E-state index in [4.69, 9.17) is 17.3 Å². The van der Waals surface area contributed by atoms with Gasteiger partial charge in [-0.15, -0.1) is 23.7 Å². The molecular formula is C8H11Cl2N3OS. The van der Waals surface area contributed by atoms with Crippen molar-refractivity contribution in [1.29, 1.82) is 0 Å². The quantitative estimate of drug-likeness (QED) is 0.869. The topological polar surface area (TPSA) is 68.0 Å². The van der Waals surface area contributed by atoms with Crippen LogP contribution in [0.1, 0.15) is 15.5 Å². The number of amides is 1. The van der Waals surface area contributed by atoms with Crippen LogP contribution in [-0.2, 0) is 6.54 Å². The Balaban J connectivity index is 0.00000196. The van der Waals surface area contributed by atoms with Gasteiger partial charge in [0, 0.05) is 17.0 Å². The summed E-state index contributed by atoms with van der Waals surface area (Å²) in [6.45, 7) is 4.05. The average molecular weight is 268 g/mol. The lowest BCUT2D eigenvalue weighted by Crippen LogP contribution is -2.24. The SMILES string of the molecule is C=C(Cl)CNC(=O)c1csc(CN)n1.Cl. The Morgan fingerprint density at radius 3 is 2.87 bits per heavy atom. The van der Waals surface area contributed by atoms with Gasteiger partial charge in [0.1, 0.15) is 10.7 Å². The van der Waals surface area contributed by atoms with Crippen LogP contribution in [-0.4, -0.2) is 17.4 Å². The standard InChI is InChI=1S/C8H10ClN3OS.ClH/c1-5(9)3-11-8(13)6-4-14-7(2-10)12-6;/h4H,1-3,10H2,(H,11,13);1H. The maximum Gasteiger partial charge on any atom is 0.271 e. The first-order chi connectivity index (χ1) is 6.63. The van der Waals surface area contributed by atoms with Crippen molar-refractivity contribution in [3.8, 4) is 0 Å². The molecule has 3 N–H and O–H groups in total. The second kappa shape index (κ2) is 6.79. The van der Waals surface area contributed by atoms with E-state index >= 15 is 0 Å². The molecule has 0 aliphatic heterocycles. The Bertz CT molecular complexity index is 353. The first-order valence-electron chi connectivity index (χ1n) is 3.89. The fourth-order valence-electron chi connectivity index (χ4n) is 0.776. The highest BCUT2D eigenvalue weighted by atomic mass is 35.5. The van der Waals surface area contributed by atoms with E-state index in [-0.39, 0.29) is 24.9 Å². The third-order valence-corrected chi connectivity index (χ3v) is 2.40. The van der Waals surface area contributed by atoms with Crippen LogP contribution in [0.4, 0.5) is 0 Å². The third-order valence-electron chi connectivity index (χ3n) is 1.40. The highest BCUT2D eigenvalue weighted by Crippen LogP contribution is 2.08. The number of nitrogens with zero attached hydrogens (tertiary/aromatic N) is 1. The minimum Gasteiger partial charge on any atom is -0.346 e. The molecule has 1 aromatic rings. The van der Waals surface area contributed by atoms with E-state index in [1.807, 2.05) is 0 Å². The molecule has 0 unspecified atom stereocenters. The van der Waals surface area contributed by atoms with Gasteiger partial charge < -0.3 is 11.1 Å². The number of rotatable bonds is 4. The number of aromatic nitrogens is 1. The molecule has 4 nitrogen and oxygen atoms in total. The fraction of sp³-hybridized carbons (Fsp3) is 0.250. The summed E-state index contributed by atoms with van der Waals surface area (Å²) < 4.78 is 0. The summed E-state index contributed by atoms with van der Waals surface area (Å²) in [6.07, 6.45) is 0. The van der Waals surface area contributed by atoms with Crippen LogP contribution in [0.15, 0.2) is 17.0 Å². The van der Waals surface area contributed by atoms with Crippen LogP contribution in [0.3, 0.4) is 0 Å². The number of hydrogen-bond acceptors (Lipinski definition) is 4.